The Bertz CT molecular complexity index is 1140. The van der Waals surface area contributed by atoms with Crippen LogP contribution in [-0.4, -0.2) is 32.3 Å². The van der Waals surface area contributed by atoms with Gasteiger partial charge in [0.15, 0.2) is 11.6 Å². The Morgan fingerprint density at radius 1 is 1.21 bits per heavy atom. The third-order valence-electron chi connectivity index (χ3n) is 4.54. The van der Waals surface area contributed by atoms with Gasteiger partial charge in [0.05, 0.1) is 17.4 Å². The number of nitrogens with one attached hydrogen (secondary N) is 3. The molecule has 0 radical (unpaired) electrons. The lowest BCUT2D eigenvalue weighted by Crippen LogP contribution is -2.04. The number of carbonyl (C=O) groups is 1. The zero-order chi connectivity index (χ0) is 19.3. The summed E-state index contributed by atoms with van der Waals surface area (Å²) in [5.74, 6) is 0.608. The van der Waals surface area contributed by atoms with Gasteiger partial charge < -0.3 is 10.6 Å². The summed E-state index contributed by atoms with van der Waals surface area (Å²) in [4.78, 5) is 23.7. The van der Waals surface area contributed by atoms with Crippen LogP contribution in [0.3, 0.4) is 0 Å². The van der Waals surface area contributed by atoms with Crippen molar-refractivity contribution in [2.75, 3.05) is 10.6 Å². The molecule has 1 aliphatic carbocycles. The van der Waals surface area contributed by atoms with E-state index in [-0.39, 0.29) is 11.6 Å². The average Bonchev–Trinajstić information content (AvgIpc) is 3.33. The minimum atomic E-state index is -0.547. The van der Waals surface area contributed by atoms with Crippen molar-refractivity contribution in [3.63, 3.8) is 0 Å². The van der Waals surface area contributed by atoms with E-state index in [1.165, 1.54) is 24.5 Å². The first kappa shape index (κ1) is 16.8. The molecule has 1 fully saturated rings. The maximum atomic E-state index is 14.3. The van der Waals surface area contributed by atoms with E-state index in [1.807, 2.05) is 6.07 Å². The molecule has 0 atom stereocenters. The van der Waals surface area contributed by atoms with E-state index < -0.39 is 11.7 Å². The van der Waals surface area contributed by atoms with Crippen molar-refractivity contribution in [3.05, 3.63) is 52.1 Å². The number of nitrogens with zero attached hydrogens (tertiary/aromatic N) is 4. The van der Waals surface area contributed by atoms with Gasteiger partial charge in [0.1, 0.15) is 10.8 Å². The summed E-state index contributed by atoms with van der Waals surface area (Å²) in [6, 6.07) is 4.54. The molecule has 2 aromatic heterocycles. The van der Waals surface area contributed by atoms with Gasteiger partial charge in [-0.25, -0.2) is 14.4 Å². The lowest BCUT2D eigenvalue weighted by molar-refractivity contribution is 0.101. The van der Waals surface area contributed by atoms with Crippen LogP contribution in [0.1, 0.15) is 40.4 Å². The Labute approximate surface area is 163 Å². The van der Waals surface area contributed by atoms with E-state index in [0.29, 0.717) is 33.7 Å². The molecule has 0 spiro atoms. The van der Waals surface area contributed by atoms with Crippen molar-refractivity contribution >= 4 is 47.0 Å². The average molecular weight is 398 g/mol. The maximum absolute atomic E-state index is 14.3. The van der Waals surface area contributed by atoms with Gasteiger partial charge in [0.2, 0.25) is 5.95 Å². The molecule has 1 saturated carbocycles. The van der Waals surface area contributed by atoms with Crippen molar-refractivity contribution < 1.29 is 9.18 Å². The Kier molecular flexibility index (Phi) is 3.83. The van der Waals surface area contributed by atoms with Crippen molar-refractivity contribution in [3.8, 4) is 0 Å². The third-order valence-corrected chi connectivity index (χ3v) is 4.82. The molecular formula is C18H13ClFN7O. The molecule has 140 valence electrons. The fourth-order valence-electron chi connectivity index (χ4n) is 2.94. The first-order valence-electron chi connectivity index (χ1n) is 8.60. The molecule has 1 amide bonds. The lowest BCUT2D eigenvalue weighted by atomic mass is 10.1. The molecule has 0 saturated heterocycles. The van der Waals surface area contributed by atoms with Crippen LogP contribution in [0, 0.1) is 5.82 Å². The topological polar surface area (TPSA) is 108 Å². The Morgan fingerprint density at radius 2 is 2.07 bits per heavy atom. The highest BCUT2D eigenvalue weighted by atomic mass is 35.5. The monoisotopic (exact) mass is 397 g/mol. The van der Waals surface area contributed by atoms with Crippen LogP contribution >= 0.6 is 11.6 Å². The van der Waals surface area contributed by atoms with Gasteiger partial charge in [-0.05, 0) is 25.0 Å². The van der Waals surface area contributed by atoms with Gasteiger partial charge in [-0.2, -0.15) is 10.1 Å². The van der Waals surface area contributed by atoms with Gasteiger partial charge in [-0.15, -0.1) is 0 Å². The highest BCUT2D eigenvalue weighted by Gasteiger charge is 2.25. The minimum Gasteiger partial charge on any atom is -0.322 e. The first-order valence-corrected chi connectivity index (χ1v) is 8.98. The fraction of sp³-hybridized carbons (Fsp3) is 0.167. The van der Waals surface area contributed by atoms with Crippen molar-refractivity contribution in [2.45, 2.75) is 18.8 Å². The summed E-state index contributed by atoms with van der Waals surface area (Å²) < 4.78 is 14.3. The van der Waals surface area contributed by atoms with Crippen molar-refractivity contribution in [2.24, 2.45) is 4.99 Å². The van der Waals surface area contributed by atoms with E-state index in [9.17, 15) is 9.18 Å². The predicted octanol–water partition coefficient (Wildman–Crippen LogP) is 3.93. The van der Waals surface area contributed by atoms with E-state index in [0.717, 1.165) is 18.5 Å². The van der Waals surface area contributed by atoms with Crippen LogP contribution in [0.4, 0.5) is 27.7 Å². The molecule has 0 unspecified atom stereocenters. The SMILES string of the molecule is O=C1N=Cc2cc(F)c(Nc3ncc(Cl)c(Nc4cc(C5CC5)[nH]n4)n3)cc21. The van der Waals surface area contributed by atoms with E-state index in [4.69, 9.17) is 11.6 Å². The normalized spacial score (nSPS) is 15.0. The number of hydrogen-bond donors (Lipinski definition) is 3. The van der Waals surface area contributed by atoms with Gasteiger partial charge in [0, 0.05) is 29.5 Å². The highest BCUT2D eigenvalue weighted by Crippen LogP contribution is 2.39. The second-order valence-electron chi connectivity index (χ2n) is 6.61. The molecule has 2 aliphatic rings. The molecule has 28 heavy (non-hydrogen) atoms. The van der Waals surface area contributed by atoms with Gasteiger partial charge in [0.25, 0.3) is 5.91 Å². The summed E-state index contributed by atoms with van der Waals surface area (Å²) in [5, 5.41) is 13.3. The largest absolute Gasteiger partial charge is 0.322 e. The molecule has 1 aromatic carbocycles. The van der Waals surface area contributed by atoms with Crippen LogP contribution in [-0.2, 0) is 0 Å². The summed E-state index contributed by atoms with van der Waals surface area (Å²) in [6.45, 7) is 0. The van der Waals surface area contributed by atoms with Crippen molar-refractivity contribution in [1.29, 1.82) is 0 Å². The molecule has 0 bridgehead atoms. The molecule has 1 aliphatic heterocycles. The fourth-order valence-corrected chi connectivity index (χ4v) is 3.07. The number of hydrogen-bond acceptors (Lipinski definition) is 6. The zero-order valence-corrected chi connectivity index (χ0v) is 15.1. The summed E-state index contributed by atoms with van der Waals surface area (Å²) in [6.07, 6.45) is 5.05. The molecule has 10 heteroatoms. The van der Waals surface area contributed by atoms with Crippen LogP contribution in [0.25, 0.3) is 0 Å². The van der Waals surface area contributed by atoms with Crippen molar-refractivity contribution in [1.82, 2.24) is 20.2 Å². The molecule has 3 N–H and O–H groups in total. The summed E-state index contributed by atoms with van der Waals surface area (Å²) >= 11 is 6.17. The molecular weight excluding hydrogens is 385 g/mol. The van der Waals surface area contributed by atoms with Crippen LogP contribution < -0.4 is 10.6 Å². The molecule has 8 nitrogen and oxygen atoms in total. The quantitative estimate of drug-likeness (QED) is 0.602. The number of aromatic amines is 1. The highest BCUT2D eigenvalue weighted by molar-refractivity contribution is 6.32. The summed E-state index contributed by atoms with van der Waals surface area (Å²) in [7, 11) is 0. The third kappa shape index (κ3) is 3.09. The summed E-state index contributed by atoms with van der Waals surface area (Å²) in [5.41, 5.74) is 1.90. The number of rotatable bonds is 5. The second-order valence-corrected chi connectivity index (χ2v) is 7.01. The lowest BCUT2D eigenvalue weighted by Gasteiger charge is -2.10. The number of aliphatic imine (C=N–C) groups is 1. The number of anilines is 4. The predicted molar refractivity (Wildman–Crippen MR) is 102 cm³/mol. The number of fused-ring (bicyclic) bond motifs is 1. The molecule has 5 rings (SSSR count). The van der Waals surface area contributed by atoms with Crippen LogP contribution in [0.2, 0.25) is 5.02 Å². The number of aromatic nitrogens is 4. The molecule has 3 aromatic rings. The van der Waals surface area contributed by atoms with Crippen LogP contribution in [0.5, 0.6) is 0 Å². The smallest absolute Gasteiger partial charge is 0.277 e. The van der Waals surface area contributed by atoms with E-state index in [2.05, 4.69) is 35.8 Å². The maximum Gasteiger partial charge on any atom is 0.277 e. The number of H-pyrrole nitrogens is 1. The number of halogens is 2. The van der Waals surface area contributed by atoms with Crippen LogP contribution in [0.15, 0.2) is 29.4 Å². The minimum absolute atomic E-state index is 0.0710. The zero-order valence-electron chi connectivity index (χ0n) is 14.3. The number of amides is 1. The Hall–Kier alpha value is -3.33. The van der Waals surface area contributed by atoms with E-state index in [1.54, 1.807) is 0 Å². The Morgan fingerprint density at radius 3 is 2.89 bits per heavy atom. The standard InChI is InChI=1S/C18H13ClFN7O/c19-11-7-22-18(23-14-4-10-9(3-12(14)20)6-21-17(10)28)25-16(11)24-15-5-13(26-27-15)8-1-2-8/h3-8H,1-2H2,(H3,22,23,24,25,26,27). The van der Waals surface area contributed by atoms with Gasteiger partial charge in [-0.1, -0.05) is 11.6 Å². The number of benzene rings is 1. The Balaban J connectivity index is 1.40. The second kappa shape index (κ2) is 6.38. The van der Waals surface area contributed by atoms with E-state index >= 15 is 0 Å². The molecule has 3 heterocycles. The van der Waals surface area contributed by atoms with Gasteiger partial charge >= 0.3 is 0 Å². The number of carbonyl (C=O) groups excluding carboxylic acids is 1. The first-order chi connectivity index (χ1) is 13.6. The van der Waals surface area contributed by atoms with Gasteiger partial charge in [-0.3, -0.25) is 9.89 Å².